The molecule has 4 heteroatoms. The van der Waals surface area contributed by atoms with E-state index < -0.39 is 0 Å². The zero-order valence-corrected chi connectivity index (χ0v) is 12.5. The summed E-state index contributed by atoms with van der Waals surface area (Å²) >= 11 is 8.03. The number of pyridine rings is 1. The van der Waals surface area contributed by atoms with Crippen LogP contribution in [0, 0.1) is 0 Å². The second kappa shape index (κ2) is 5.59. The van der Waals surface area contributed by atoms with Crippen molar-refractivity contribution in [1.82, 2.24) is 4.98 Å². The third-order valence-electron chi connectivity index (χ3n) is 3.47. The van der Waals surface area contributed by atoms with Gasteiger partial charge in [-0.2, -0.15) is 11.8 Å². The van der Waals surface area contributed by atoms with Crippen LogP contribution in [0.3, 0.4) is 0 Å². The molecule has 0 amide bonds. The second-order valence-electron chi connectivity index (χ2n) is 4.91. The van der Waals surface area contributed by atoms with Crippen molar-refractivity contribution in [3.63, 3.8) is 0 Å². The van der Waals surface area contributed by atoms with Gasteiger partial charge in [-0.25, -0.2) is 0 Å². The van der Waals surface area contributed by atoms with E-state index in [0.29, 0.717) is 11.1 Å². The molecule has 1 aliphatic rings. The van der Waals surface area contributed by atoms with Gasteiger partial charge in [0.15, 0.2) is 0 Å². The van der Waals surface area contributed by atoms with E-state index in [-0.39, 0.29) is 0 Å². The molecule has 1 aromatic heterocycles. The Morgan fingerprint density at radius 1 is 1.42 bits per heavy atom. The summed E-state index contributed by atoms with van der Waals surface area (Å²) in [5.74, 6) is 1.66. The van der Waals surface area contributed by atoms with Crippen molar-refractivity contribution in [2.24, 2.45) is 0 Å². The fraction of sp³-hybridized carbons (Fsp3) is 0.400. The third-order valence-corrected chi connectivity index (χ3v) is 4.88. The number of aromatic nitrogens is 1. The maximum absolute atomic E-state index is 5.98. The van der Waals surface area contributed by atoms with Crippen LogP contribution in [0.2, 0.25) is 0 Å². The van der Waals surface area contributed by atoms with Crippen LogP contribution in [0.5, 0.6) is 0 Å². The Morgan fingerprint density at radius 2 is 2.26 bits per heavy atom. The lowest BCUT2D eigenvalue weighted by molar-refractivity contribution is 0.784. The van der Waals surface area contributed by atoms with E-state index in [9.17, 15) is 0 Å². The number of para-hydroxylation sites is 1. The maximum Gasteiger partial charge on any atom is 0.0726 e. The van der Waals surface area contributed by atoms with Gasteiger partial charge in [-0.05, 0) is 12.1 Å². The summed E-state index contributed by atoms with van der Waals surface area (Å²) in [4.78, 5) is 7.08. The lowest BCUT2D eigenvalue weighted by Gasteiger charge is -2.33. The van der Waals surface area contributed by atoms with Crippen molar-refractivity contribution in [3.8, 4) is 0 Å². The summed E-state index contributed by atoms with van der Waals surface area (Å²) < 4.78 is 0. The van der Waals surface area contributed by atoms with Crippen LogP contribution in [0.15, 0.2) is 30.3 Å². The molecular formula is C15H17ClN2S. The molecule has 0 radical (unpaired) electrons. The molecule has 0 bridgehead atoms. The number of thioether (sulfide) groups is 1. The van der Waals surface area contributed by atoms with Gasteiger partial charge in [0, 0.05) is 35.2 Å². The van der Waals surface area contributed by atoms with Crippen LogP contribution in [-0.4, -0.2) is 29.1 Å². The number of halogens is 1. The number of hydrogen-bond acceptors (Lipinski definition) is 3. The summed E-state index contributed by atoms with van der Waals surface area (Å²) in [5, 5.41) is 1.91. The van der Waals surface area contributed by atoms with E-state index in [1.165, 1.54) is 16.8 Å². The van der Waals surface area contributed by atoms with Gasteiger partial charge in [0.2, 0.25) is 0 Å². The number of hydrogen-bond donors (Lipinski definition) is 0. The standard InChI is InChI=1S/C15H17ClN2S/c1-11-10-18(6-7-19-11)15-8-12(9-16)17-14-5-3-2-4-13(14)15/h2-5,8,11H,6-7,9-10H2,1H3. The van der Waals surface area contributed by atoms with E-state index in [4.69, 9.17) is 11.6 Å². The van der Waals surface area contributed by atoms with Crippen LogP contribution < -0.4 is 4.90 Å². The van der Waals surface area contributed by atoms with E-state index in [1.807, 2.05) is 17.8 Å². The molecule has 2 aromatic rings. The molecule has 1 unspecified atom stereocenters. The van der Waals surface area contributed by atoms with Gasteiger partial charge in [-0.15, -0.1) is 11.6 Å². The largest absolute Gasteiger partial charge is 0.369 e. The number of nitrogens with zero attached hydrogens (tertiary/aromatic N) is 2. The summed E-state index contributed by atoms with van der Waals surface area (Å²) in [6, 6.07) is 10.5. The highest BCUT2D eigenvalue weighted by Gasteiger charge is 2.19. The lowest BCUT2D eigenvalue weighted by atomic mass is 10.1. The van der Waals surface area contributed by atoms with E-state index in [1.54, 1.807) is 0 Å². The molecule has 0 aliphatic carbocycles. The monoisotopic (exact) mass is 292 g/mol. The van der Waals surface area contributed by atoms with Gasteiger partial charge in [-0.1, -0.05) is 25.1 Å². The van der Waals surface area contributed by atoms with E-state index in [0.717, 1.165) is 24.3 Å². The number of fused-ring (bicyclic) bond motifs is 1. The molecular weight excluding hydrogens is 276 g/mol. The molecule has 1 atom stereocenters. The average Bonchev–Trinajstić information content (AvgIpc) is 2.46. The molecule has 2 nitrogen and oxygen atoms in total. The van der Waals surface area contributed by atoms with Crippen LogP contribution in [0.1, 0.15) is 12.6 Å². The summed E-state index contributed by atoms with van der Waals surface area (Å²) in [5.41, 5.74) is 3.29. The van der Waals surface area contributed by atoms with Gasteiger partial charge in [0.25, 0.3) is 0 Å². The number of benzene rings is 1. The zero-order valence-electron chi connectivity index (χ0n) is 11.0. The van der Waals surface area contributed by atoms with Crippen LogP contribution >= 0.6 is 23.4 Å². The molecule has 100 valence electrons. The van der Waals surface area contributed by atoms with Crippen LogP contribution in [-0.2, 0) is 5.88 Å². The highest BCUT2D eigenvalue weighted by atomic mass is 35.5. The molecule has 1 fully saturated rings. The smallest absolute Gasteiger partial charge is 0.0726 e. The fourth-order valence-electron chi connectivity index (χ4n) is 2.58. The van der Waals surface area contributed by atoms with E-state index in [2.05, 4.69) is 41.1 Å². The highest BCUT2D eigenvalue weighted by molar-refractivity contribution is 8.00. The summed E-state index contributed by atoms with van der Waals surface area (Å²) in [6.45, 7) is 4.49. The Morgan fingerprint density at radius 3 is 3.05 bits per heavy atom. The van der Waals surface area contributed by atoms with Gasteiger partial charge < -0.3 is 4.90 Å². The van der Waals surface area contributed by atoms with Crippen molar-refractivity contribution < 1.29 is 0 Å². The predicted molar refractivity (Wildman–Crippen MR) is 85.4 cm³/mol. The first-order chi connectivity index (χ1) is 9.28. The quantitative estimate of drug-likeness (QED) is 0.781. The number of alkyl halides is 1. The molecule has 3 rings (SSSR count). The predicted octanol–water partition coefficient (Wildman–Crippen LogP) is 3.92. The van der Waals surface area contributed by atoms with Crippen molar-refractivity contribution in [3.05, 3.63) is 36.0 Å². The molecule has 0 N–H and O–H groups in total. The average molecular weight is 293 g/mol. The van der Waals surface area contributed by atoms with Gasteiger partial charge in [0.1, 0.15) is 0 Å². The van der Waals surface area contributed by atoms with Crippen LogP contribution in [0.4, 0.5) is 5.69 Å². The zero-order chi connectivity index (χ0) is 13.2. The first-order valence-corrected chi connectivity index (χ1v) is 8.17. The Hall–Kier alpha value is -0.930. The SMILES string of the molecule is CC1CN(c2cc(CCl)nc3ccccc23)CCS1. The number of rotatable bonds is 2. The van der Waals surface area contributed by atoms with Crippen LogP contribution in [0.25, 0.3) is 10.9 Å². The Labute approximate surface area is 123 Å². The Balaban J connectivity index is 2.10. The Bertz CT molecular complexity index is 587. The molecule has 2 heterocycles. The molecule has 1 aliphatic heterocycles. The molecule has 1 saturated heterocycles. The minimum absolute atomic E-state index is 0.468. The van der Waals surface area contributed by atoms with Crippen molar-refractivity contribution >= 4 is 40.0 Å². The normalized spacial score (nSPS) is 19.9. The first-order valence-electron chi connectivity index (χ1n) is 6.59. The van der Waals surface area contributed by atoms with Crippen molar-refractivity contribution in [2.75, 3.05) is 23.7 Å². The molecule has 19 heavy (non-hydrogen) atoms. The second-order valence-corrected chi connectivity index (χ2v) is 6.72. The minimum Gasteiger partial charge on any atom is -0.369 e. The van der Waals surface area contributed by atoms with Gasteiger partial charge in [-0.3, -0.25) is 4.98 Å². The first kappa shape index (κ1) is 13.1. The van der Waals surface area contributed by atoms with E-state index >= 15 is 0 Å². The third kappa shape index (κ3) is 2.67. The summed E-state index contributed by atoms with van der Waals surface area (Å²) in [6.07, 6.45) is 0. The summed E-state index contributed by atoms with van der Waals surface area (Å²) in [7, 11) is 0. The molecule has 0 spiro atoms. The lowest BCUT2D eigenvalue weighted by Crippen LogP contribution is -2.36. The number of anilines is 1. The highest BCUT2D eigenvalue weighted by Crippen LogP contribution is 2.30. The van der Waals surface area contributed by atoms with Gasteiger partial charge in [0.05, 0.1) is 17.1 Å². The minimum atomic E-state index is 0.468. The Kier molecular flexibility index (Phi) is 3.85. The fourth-order valence-corrected chi connectivity index (χ4v) is 3.73. The van der Waals surface area contributed by atoms with Crippen molar-refractivity contribution in [2.45, 2.75) is 18.1 Å². The van der Waals surface area contributed by atoms with Gasteiger partial charge >= 0.3 is 0 Å². The topological polar surface area (TPSA) is 16.1 Å². The molecule has 0 saturated carbocycles. The van der Waals surface area contributed by atoms with Crippen molar-refractivity contribution in [1.29, 1.82) is 0 Å². The maximum atomic E-state index is 5.98. The molecule has 1 aromatic carbocycles.